The van der Waals surface area contributed by atoms with Crippen molar-refractivity contribution in [1.29, 1.82) is 0 Å². The summed E-state index contributed by atoms with van der Waals surface area (Å²) < 4.78 is 16.5. The number of Topliss-reactive ketones (excluding diaryl/α,β-unsaturated/α-hetero) is 1. The van der Waals surface area contributed by atoms with Crippen molar-refractivity contribution in [2.45, 2.75) is 19.9 Å². The molecule has 1 amide bonds. The highest BCUT2D eigenvalue weighted by molar-refractivity contribution is 6.46. The molecule has 8 nitrogen and oxygen atoms in total. The van der Waals surface area contributed by atoms with Crippen molar-refractivity contribution in [1.82, 2.24) is 9.80 Å². The van der Waals surface area contributed by atoms with E-state index in [4.69, 9.17) is 14.2 Å². The van der Waals surface area contributed by atoms with Crippen LogP contribution in [-0.2, 0) is 9.59 Å². The van der Waals surface area contributed by atoms with Gasteiger partial charge in [-0.05, 0) is 62.0 Å². The van der Waals surface area contributed by atoms with E-state index >= 15 is 0 Å². The van der Waals surface area contributed by atoms with Crippen LogP contribution in [0.3, 0.4) is 0 Å². The molecule has 1 aliphatic rings. The Kier molecular flexibility index (Phi) is 8.40. The summed E-state index contributed by atoms with van der Waals surface area (Å²) in [7, 11) is 6.85. The van der Waals surface area contributed by atoms with Crippen LogP contribution in [0.2, 0.25) is 0 Å². The third kappa shape index (κ3) is 5.77. The van der Waals surface area contributed by atoms with Crippen LogP contribution in [0.25, 0.3) is 5.76 Å². The standard InChI is InChI=1S/C27H34N2O6/c1-17(2)16-35-20-10-7-18(8-11-20)25(30)23-24(19-9-12-21(33-5)22(15-19)34-6)29(14-13-28(3)4)27(32)26(23)31/h7-12,15,17,24,30H,13-14,16H2,1-6H3/b25-23-. The number of aliphatic hydroxyl groups is 1. The first-order valence-electron chi connectivity index (χ1n) is 11.6. The number of amides is 1. The molecule has 2 aromatic rings. The maximum absolute atomic E-state index is 13.2. The molecule has 0 bridgehead atoms. The number of rotatable bonds is 10. The lowest BCUT2D eigenvalue weighted by Crippen LogP contribution is -2.35. The van der Waals surface area contributed by atoms with Gasteiger partial charge in [0.05, 0.1) is 32.4 Å². The van der Waals surface area contributed by atoms with E-state index in [0.717, 1.165) is 0 Å². The van der Waals surface area contributed by atoms with Gasteiger partial charge < -0.3 is 29.1 Å². The number of ketones is 1. The first-order chi connectivity index (χ1) is 16.7. The number of carbonyl (C=O) groups excluding carboxylic acids is 2. The molecule has 8 heteroatoms. The minimum atomic E-state index is -0.772. The number of methoxy groups -OCH3 is 2. The Hall–Kier alpha value is -3.52. The molecule has 0 spiro atoms. The van der Waals surface area contributed by atoms with E-state index in [1.54, 1.807) is 42.5 Å². The Morgan fingerprint density at radius 3 is 2.26 bits per heavy atom. The minimum Gasteiger partial charge on any atom is -0.507 e. The number of nitrogens with zero attached hydrogens (tertiary/aromatic N) is 2. The lowest BCUT2D eigenvalue weighted by Gasteiger charge is -2.27. The molecule has 35 heavy (non-hydrogen) atoms. The van der Waals surface area contributed by atoms with Gasteiger partial charge in [-0.25, -0.2) is 0 Å². The van der Waals surface area contributed by atoms with Crippen molar-refractivity contribution in [3.63, 3.8) is 0 Å². The van der Waals surface area contributed by atoms with Crippen molar-refractivity contribution in [2.75, 3.05) is 48.0 Å². The zero-order chi connectivity index (χ0) is 25.7. The molecule has 3 rings (SSSR count). The molecular weight excluding hydrogens is 448 g/mol. The Morgan fingerprint density at radius 1 is 1.03 bits per heavy atom. The molecule has 1 aliphatic heterocycles. The molecule has 1 saturated heterocycles. The van der Waals surface area contributed by atoms with Crippen LogP contribution < -0.4 is 14.2 Å². The lowest BCUT2D eigenvalue weighted by molar-refractivity contribution is -0.140. The third-order valence-electron chi connectivity index (χ3n) is 5.76. The van der Waals surface area contributed by atoms with Crippen LogP contribution in [0.15, 0.2) is 48.0 Å². The van der Waals surface area contributed by atoms with E-state index in [1.807, 2.05) is 19.0 Å². The summed E-state index contributed by atoms with van der Waals surface area (Å²) in [4.78, 5) is 29.7. The third-order valence-corrected chi connectivity index (χ3v) is 5.76. The van der Waals surface area contributed by atoms with Gasteiger partial charge in [0.2, 0.25) is 0 Å². The summed E-state index contributed by atoms with van der Waals surface area (Å²) in [5.74, 6) is 0.436. The number of benzene rings is 2. The Labute approximate surface area is 206 Å². The largest absolute Gasteiger partial charge is 0.507 e. The van der Waals surface area contributed by atoms with E-state index in [-0.39, 0.29) is 11.3 Å². The van der Waals surface area contributed by atoms with Gasteiger partial charge in [-0.2, -0.15) is 0 Å². The smallest absolute Gasteiger partial charge is 0.295 e. The van der Waals surface area contributed by atoms with Crippen LogP contribution in [0, 0.1) is 5.92 Å². The van der Waals surface area contributed by atoms with Crippen molar-refractivity contribution in [3.05, 3.63) is 59.2 Å². The molecule has 188 valence electrons. The van der Waals surface area contributed by atoms with Crippen molar-refractivity contribution >= 4 is 17.4 Å². The monoisotopic (exact) mass is 482 g/mol. The zero-order valence-corrected chi connectivity index (χ0v) is 21.2. The fourth-order valence-electron chi connectivity index (χ4n) is 3.92. The summed E-state index contributed by atoms with van der Waals surface area (Å²) in [5, 5.41) is 11.2. The molecule has 0 radical (unpaired) electrons. The first-order valence-corrected chi connectivity index (χ1v) is 11.6. The van der Waals surface area contributed by atoms with Gasteiger partial charge in [0, 0.05) is 18.7 Å². The molecule has 1 N–H and O–H groups in total. The van der Waals surface area contributed by atoms with Crippen LogP contribution in [0.1, 0.15) is 31.0 Å². The van der Waals surface area contributed by atoms with Gasteiger partial charge in [0.15, 0.2) is 11.5 Å². The highest BCUT2D eigenvalue weighted by Gasteiger charge is 2.46. The van der Waals surface area contributed by atoms with Gasteiger partial charge in [0.1, 0.15) is 11.5 Å². The number of hydrogen-bond donors (Lipinski definition) is 1. The fourth-order valence-corrected chi connectivity index (χ4v) is 3.92. The lowest BCUT2D eigenvalue weighted by atomic mass is 9.95. The molecule has 0 saturated carbocycles. The number of hydrogen-bond acceptors (Lipinski definition) is 7. The molecule has 0 aliphatic carbocycles. The SMILES string of the molecule is COc1ccc(C2/C(=C(/O)c3ccc(OCC(C)C)cc3)C(=O)C(=O)N2CCN(C)C)cc1OC. The molecule has 1 heterocycles. The van der Waals surface area contributed by atoms with E-state index in [9.17, 15) is 14.7 Å². The maximum Gasteiger partial charge on any atom is 0.295 e. The van der Waals surface area contributed by atoms with Crippen molar-refractivity contribution < 1.29 is 28.9 Å². The van der Waals surface area contributed by atoms with E-state index in [2.05, 4.69) is 13.8 Å². The average molecular weight is 483 g/mol. The van der Waals surface area contributed by atoms with E-state index < -0.39 is 17.7 Å². The second-order valence-electron chi connectivity index (χ2n) is 9.14. The summed E-state index contributed by atoms with van der Waals surface area (Å²) in [6.07, 6.45) is 0. The predicted molar refractivity (Wildman–Crippen MR) is 134 cm³/mol. The normalized spacial score (nSPS) is 17.4. The second kappa shape index (κ2) is 11.3. The molecule has 1 atom stereocenters. The summed E-state index contributed by atoms with van der Waals surface area (Å²) in [6.45, 7) is 5.56. The van der Waals surface area contributed by atoms with Crippen LogP contribution in [0.4, 0.5) is 0 Å². The van der Waals surface area contributed by atoms with E-state index in [0.29, 0.717) is 54.0 Å². The maximum atomic E-state index is 13.2. The van der Waals surface area contributed by atoms with Crippen molar-refractivity contribution in [2.24, 2.45) is 5.92 Å². The number of ether oxygens (including phenoxy) is 3. The second-order valence-corrected chi connectivity index (χ2v) is 9.14. The summed E-state index contributed by atoms with van der Waals surface area (Å²) in [5.41, 5.74) is 1.11. The van der Waals surface area contributed by atoms with Crippen LogP contribution in [-0.4, -0.2) is 74.6 Å². The Balaban J connectivity index is 2.08. The first kappa shape index (κ1) is 26.1. The van der Waals surface area contributed by atoms with Crippen LogP contribution in [0.5, 0.6) is 17.2 Å². The topological polar surface area (TPSA) is 88.5 Å². The number of carbonyl (C=O) groups is 2. The van der Waals surface area contributed by atoms with Gasteiger partial charge in [-0.1, -0.05) is 19.9 Å². The number of likely N-dealkylation sites (N-methyl/N-ethyl adjacent to an activating group) is 1. The molecule has 1 unspecified atom stereocenters. The van der Waals surface area contributed by atoms with Gasteiger partial charge in [0.25, 0.3) is 11.7 Å². The quantitative estimate of drug-likeness (QED) is 0.314. The minimum absolute atomic E-state index is 0.0387. The summed E-state index contributed by atoms with van der Waals surface area (Å²) >= 11 is 0. The number of likely N-dealkylation sites (tertiary alicyclic amines) is 1. The molecule has 2 aromatic carbocycles. The highest BCUT2D eigenvalue weighted by Crippen LogP contribution is 2.42. The summed E-state index contributed by atoms with van der Waals surface area (Å²) in [6, 6.07) is 11.3. The van der Waals surface area contributed by atoms with Gasteiger partial charge >= 0.3 is 0 Å². The van der Waals surface area contributed by atoms with Gasteiger partial charge in [-0.15, -0.1) is 0 Å². The van der Waals surface area contributed by atoms with Crippen molar-refractivity contribution in [3.8, 4) is 17.2 Å². The molecule has 1 fully saturated rings. The predicted octanol–water partition coefficient (Wildman–Crippen LogP) is 3.72. The zero-order valence-electron chi connectivity index (χ0n) is 21.2. The Bertz CT molecular complexity index is 1090. The average Bonchev–Trinajstić information content (AvgIpc) is 3.10. The van der Waals surface area contributed by atoms with Crippen LogP contribution >= 0.6 is 0 Å². The van der Waals surface area contributed by atoms with Gasteiger partial charge in [-0.3, -0.25) is 9.59 Å². The number of aliphatic hydroxyl groups excluding tert-OH is 1. The fraction of sp³-hybridized carbons (Fsp3) is 0.407. The Morgan fingerprint density at radius 2 is 1.69 bits per heavy atom. The highest BCUT2D eigenvalue weighted by atomic mass is 16.5. The van der Waals surface area contributed by atoms with E-state index in [1.165, 1.54) is 19.1 Å². The molecular formula is C27H34N2O6. The molecule has 0 aromatic heterocycles.